The second-order valence-electron chi connectivity index (χ2n) is 4.19. The Kier molecular flexibility index (Phi) is 3.11. The van der Waals surface area contributed by atoms with Gasteiger partial charge in [-0.05, 0) is 39.8 Å². The lowest BCUT2D eigenvalue weighted by Gasteiger charge is -2.07. The van der Waals surface area contributed by atoms with Gasteiger partial charge in [0, 0.05) is 28.2 Å². The number of halogens is 1. The van der Waals surface area contributed by atoms with Crippen LogP contribution in [0, 0.1) is 27.7 Å². The molecule has 17 heavy (non-hydrogen) atoms. The van der Waals surface area contributed by atoms with Gasteiger partial charge in [0.1, 0.15) is 5.15 Å². The van der Waals surface area contributed by atoms with E-state index in [9.17, 15) is 0 Å². The molecule has 2 aromatic rings. The molecule has 0 N–H and O–H groups in total. The monoisotopic (exact) mass is 247 g/mol. The fraction of sp³-hybridized carbons (Fsp3) is 0.308. The third kappa shape index (κ3) is 2.44. The van der Waals surface area contributed by atoms with E-state index < -0.39 is 0 Å². The quantitative estimate of drug-likeness (QED) is 0.725. The van der Waals surface area contributed by atoms with Crippen molar-refractivity contribution < 1.29 is 0 Å². The number of aryl methyl sites for hydroxylation is 3. The highest BCUT2D eigenvalue weighted by Crippen LogP contribution is 2.22. The molecule has 0 amide bonds. The molecule has 2 aromatic heterocycles. The predicted octanol–water partition coefficient (Wildman–Crippen LogP) is 3.43. The van der Waals surface area contributed by atoms with Gasteiger partial charge in [0.25, 0.3) is 0 Å². The second-order valence-corrected chi connectivity index (χ2v) is 4.55. The Balaban J connectivity index is 2.60. The molecular weight excluding hydrogens is 234 g/mol. The Morgan fingerprint density at radius 1 is 0.882 bits per heavy atom. The van der Waals surface area contributed by atoms with Gasteiger partial charge in [-0.3, -0.25) is 4.98 Å². The molecule has 0 radical (unpaired) electrons. The highest BCUT2D eigenvalue weighted by atomic mass is 35.5. The van der Waals surface area contributed by atoms with Crippen molar-refractivity contribution in [2.45, 2.75) is 27.7 Å². The van der Waals surface area contributed by atoms with Crippen molar-refractivity contribution in [3.8, 4) is 11.4 Å². The fourth-order valence-electron chi connectivity index (χ4n) is 1.69. The summed E-state index contributed by atoms with van der Waals surface area (Å²) in [6.45, 7) is 7.77. The molecule has 0 saturated heterocycles. The Morgan fingerprint density at radius 2 is 1.47 bits per heavy atom. The molecule has 0 aliphatic carbocycles. The summed E-state index contributed by atoms with van der Waals surface area (Å²) < 4.78 is 0. The van der Waals surface area contributed by atoms with E-state index in [1.807, 2.05) is 39.8 Å². The average Bonchev–Trinajstić information content (AvgIpc) is 2.23. The highest BCUT2D eigenvalue weighted by Gasteiger charge is 2.09. The van der Waals surface area contributed by atoms with Crippen LogP contribution in [0.5, 0.6) is 0 Å². The summed E-state index contributed by atoms with van der Waals surface area (Å²) in [6, 6.07) is 3.93. The van der Waals surface area contributed by atoms with Gasteiger partial charge < -0.3 is 0 Å². The maximum absolute atomic E-state index is 6.08. The van der Waals surface area contributed by atoms with Crippen molar-refractivity contribution in [2.24, 2.45) is 0 Å². The average molecular weight is 248 g/mol. The minimum atomic E-state index is 0.514. The SMILES string of the molecule is Cc1cc(-c2nc(C)c(C)c(Cl)n2)cc(C)n1. The zero-order valence-corrected chi connectivity index (χ0v) is 11.1. The third-order valence-electron chi connectivity index (χ3n) is 2.67. The molecule has 0 atom stereocenters. The summed E-state index contributed by atoms with van der Waals surface area (Å²) in [5, 5.41) is 0.514. The minimum Gasteiger partial charge on any atom is -0.258 e. The van der Waals surface area contributed by atoms with Crippen LogP contribution in [-0.4, -0.2) is 15.0 Å². The van der Waals surface area contributed by atoms with Crippen molar-refractivity contribution in [3.05, 3.63) is 39.9 Å². The maximum atomic E-state index is 6.08. The molecule has 0 bridgehead atoms. The van der Waals surface area contributed by atoms with Gasteiger partial charge >= 0.3 is 0 Å². The Labute approximate surface area is 106 Å². The van der Waals surface area contributed by atoms with Crippen LogP contribution >= 0.6 is 11.6 Å². The van der Waals surface area contributed by atoms with E-state index in [1.165, 1.54) is 0 Å². The van der Waals surface area contributed by atoms with E-state index in [0.29, 0.717) is 11.0 Å². The molecule has 2 rings (SSSR count). The summed E-state index contributed by atoms with van der Waals surface area (Å²) >= 11 is 6.08. The molecule has 0 spiro atoms. The van der Waals surface area contributed by atoms with Gasteiger partial charge in [-0.15, -0.1) is 0 Å². The number of pyridine rings is 1. The first-order valence-electron chi connectivity index (χ1n) is 5.44. The molecular formula is C13H14ClN3. The largest absolute Gasteiger partial charge is 0.258 e. The van der Waals surface area contributed by atoms with Crippen LogP contribution in [0.4, 0.5) is 0 Å². The van der Waals surface area contributed by atoms with Crippen LogP contribution in [0.2, 0.25) is 5.15 Å². The van der Waals surface area contributed by atoms with E-state index in [0.717, 1.165) is 28.2 Å². The lowest BCUT2D eigenvalue weighted by molar-refractivity contribution is 1.06. The first-order valence-corrected chi connectivity index (χ1v) is 5.81. The van der Waals surface area contributed by atoms with Gasteiger partial charge in [0.05, 0.1) is 0 Å². The lowest BCUT2D eigenvalue weighted by Crippen LogP contribution is -1.98. The summed E-state index contributed by atoms with van der Waals surface area (Å²) in [5.74, 6) is 0.659. The van der Waals surface area contributed by atoms with E-state index in [-0.39, 0.29) is 0 Å². The van der Waals surface area contributed by atoms with Crippen LogP contribution in [0.3, 0.4) is 0 Å². The standard InChI is InChI=1S/C13H14ClN3/c1-7-5-11(6-8(2)15-7)13-16-10(4)9(3)12(14)17-13/h5-6H,1-4H3. The topological polar surface area (TPSA) is 38.7 Å². The fourth-order valence-corrected chi connectivity index (χ4v) is 1.90. The summed E-state index contributed by atoms with van der Waals surface area (Å²) in [7, 11) is 0. The Hall–Kier alpha value is -1.48. The first kappa shape index (κ1) is 12.0. The van der Waals surface area contributed by atoms with Crippen LogP contribution in [-0.2, 0) is 0 Å². The van der Waals surface area contributed by atoms with Crippen molar-refractivity contribution >= 4 is 11.6 Å². The van der Waals surface area contributed by atoms with Crippen molar-refractivity contribution in [1.29, 1.82) is 0 Å². The smallest absolute Gasteiger partial charge is 0.161 e. The van der Waals surface area contributed by atoms with Gasteiger partial charge in [-0.1, -0.05) is 11.6 Å². The van der Waals surface area contributed by atoms with E-state index in [1.54, 1.807) is 0 Å². The number of aromatic nitrogens is 3. The minimum absolute atomic E-state index is 0.514. The van der Waals surface area contributed by atoms with E-state index in [2.05, 4.69) is 15.0 Å². The second kappa shape index (κ2) is 4.41. The number of rotatable bonds is 1. The normalized spacial score (nSPS) is 10.6. The van der Waals surface area contributed by atoms with E-state index in [4.69, 9.17) is 11.6 Å². The maximum Gasteiger partial charge on any atom is 0.161 e. The zero-order chi connectivity index (χ0) is 12.6. The van der Waals surface area contributed by atoms with Gasteiger partial charge in [0.2, 0.25) is 0 Å². The first-order chi connectivity index (χ1) is 7.97. The van der Waals surface area contributed by atoms with E-state index >= 15 is 0 Å². The van der Waals surface area contributed by atoms with Crippen LogP contribution in [0.25, 0.3) is 11.4 Å². The van der Waals surface area contributed by atoms with Crippen LogP contribution in [0.15, 0.2) is 12.1 Å². The number of hydrogen-bond acceptors (Lipinski definition) is 3. The van der Waals surface area contributed by atoms with Gasteiger partial charge in [-0.2, -0.15) is 0 Å². The number of nitrogens with zero attached hydrogens (tertiary/aromatic N) is 3. The van der Waals surface area contributed by atoms with Crippen molar-refractivity contribution in [2.75, 3.05) is 0 Å². The number of hydrogen-bond donors (Lipinski definition) is 0. The molecule has 3 nitrogen and oxygen atoms in total. The summed E-state index contributed by atoms with van der Waals surface area (Å²) in [5.41, 5.74) is 4.71. The summed E-state index contributed by atoms with van der Waals surface area (Å²) in [4.78, 5) is 13.1. The molecule has 0 aliphatic rings. The summed E-state index contributed by atoms with van der Waals surface area (Å²) in [6.07, 6.45) is 0. The third-order valence-corrected chi connectivity index (χ3v) is 3.04. The molecule has 88 valence electrons. The molecule has 0 fully saturated rings. The lowest BCUT2D eigenvalue weighted by atomic mass is 10.1. The zero-order valence-electron chi connectivity index (χ0n) is 10.4. The van der Waals surface area contributed by atoms with Gasteiger partial charge in [-0.25, -0.2) is 9.97 Å². The van der Waals surface area contributed by atoms with Crippen molar-refractivity contribution in [1.82, 2.24) is 15.0 Å². The van der Waals surface area contributed by atoms with Crippen LogP contribution in [0.1, 0.15) is 22.6 Å². The Bertz CT molecular complexity index is 536. The molecule has 4 heteroatoms. The van der Waals surface area contributed by atoms with Gasteiger partial charge in [0.15, 0.2) is 5.82 Å². The molecule has 0 saturated carbocycles. The Morgan fingerprint density at radius 3 is 2.00 bits per heavy atom. The molecule has 0 aromatic carbocycles. The highest BCUT2D eigenvalue weighted by molar-refractivity contribution is 6.30. The predicted molar refractivity (Wildman–Crippen MR) is 69.2 cm³/mol. The van der Waals surface area contributed by atoms with Crippen molar-refractivity contribution in [3.63, 3.8) is 0 Å². The molecule has 0 aliphatic heterocycles. The molecule has 0 unspecified atom stereocenters. The molecule has 2 heterocycles. The van der Waals surface area contributed by atoms with Crippen LogP contribution < -0.4 is 0 Å².